The molecule has 116 valence electrons. The van der Waals surface area contributed by atoms with Gasteiger partial charge in [0.05, 0.1) is 12.3 Å². The molecule has 0 heterocycles. The van der Waals surface area contributed by atoms with Crippen LogP contribution in [0, 0.1) is 5.92 Å². The average Bonchev–Trinajstić information content (AvgIpc) is 2.42. The van der Waals surface area contributed by atoms with E-state index in [0.717, 1.165) is 23.6 Å². The second kappa shape index (κ2) is 8.62. The molecule has 0 aliphatic heterocycles. The smallest absolute Gasteiger partial charge is 0.187 e. The van der Waals surface area contributed by atoms with Crippen LogP contribution in [-0.2, 0) is 0 Å². The van der Waals surface area contributed by atoms with Crippen LogP contribution in [0.2, 0.25) is 0 Å². The summed E-state index contributed by atoms with van der Waals surface area (Å²) in [4.78, 5) is 0. The molecule has 0 aliphatic carbocycles. The van der Waals surface area contributed by atoms with Gasteiger partial charge in [0, 0.05) is 6.04 Å². The normalized spacial score (nSPS) is 11.7. The molecule has 4 nitrogen and oxygen atoms in total. The lowest BCUT2D eigenvalue weighted by molar-refractivity contribution is 0.271. The van der Waals surface area contributed by atoms with Gasteiger partial charge in [-0.2, -0.15) is 5.10 Å². The maximum atomic E-state index is 5.66. The highest BCUT2D eigenvalue weighted by Crippen LogP contribution is 2.13. The van der Waals surface area contributed by atoms with Crippen molar-refractivity contribution < 1.29 is 4.74 Å². The molecule has 0 aliphatic rings. The largest absolute Gasteiger partial charge is 0.493 e. The summed E-state index contributed by atoms with van der Waals surface area (Å²) < 4.78 is 5.66. The third-order valence-electron chi connectivity index (χ3n) is 2.60. The molecule has 1 aromatic carbocycles. The van der Waals surface area contributed by atoms with Crippen LogP contribution in [0.25, 0.3) is 0 Å². The summed E-state index contributed by atoms with van der Waals surface area (Å²) in [6, 6.07) is 8.20. The highest BCUT2D eigenvalue weighted by Gasteiger charge is 2.01. The number of thiocarbonyl (C=S) groups is 1. The molecular weight excluding hydrogens is 282 g/mol. The Morgan fingerprint density at radius 2 is 1.81 bits per heavy atom. The number of hydrogen-bond acceptors (Lipinski definition) is 3. The van der Waals surface area contributed by atoms with Gasteiger partial charge in [-0.1, -0.05) is 13.8 Å². The van der Waals surface area contributed by atoms with E-state index >= 15 is 0 Å². The predicted octanol–water partition coefficient (Wildman–Crippen LogP) is 3.32. The Hall–Kier alpha value is -1.62. The van der Waals surface area contributed by atoms with Crippen molar-refractivity contribution in [3.63, 3.8) is 0 Å². The second-order valence-electron chi connectivity index (χ2n) is 5.67. The minimum atomic E-state index is 0.290. The molecule has 2 N–H and O–H groups in total. The zero-order valence-corrected chi connectivity index (χ0v) is 14.3. The Bertz CT molecular complexity index is 481. The third-order valence-corrected chi connectivity index (χ3v) is 2.81. The summed E-state index contributed by atoms with van der Waals surface area (Å²) in [5.74, 6) is 1.40. The molecule has 0 saturated heterocycles. The third kappa shape index (κ3) is 7.09. The van der Waals surface area contributed by atoms with Gasteiger partial charge in [-0.15, -0.1) is 0 Å². The molecule has 0 bridgehead atoms. The molecule has 0 fully saturated rings. The number of nitrogens with one attached hydrogen (secondary N) is 2. The maximum Gasteiger partial charge on any atom is 0.187 e. The van der Waals surface area contributed by atoms with E-state index in [2.05, 4.69) is 29.7 Å². The summed E-state index contributed by atoms with van der Waals surface area (Å²) in [6.45, 7) is 11.0. The molecule has 0 aromatic heterocycles. The SMILES string of the molecule is C/C(=N/NC(=S)NC(C)C)c1ccc(OCC(C)C)cc1. The Morgan fingerprint density at radius 1 is 1.19 bits per heavy atom. The van der Waals surface area contributed by atoms with E-state index in [-0.39, 0.29) is 6.04 Å². The summed E-state index contributed by atoms with van der Waals surface area (Å²) in [5, 5.41) is 7.88. The van der Waals surface area contributed by atoms with Gasteiger partial charge in [-0.05, 0) is 68.7 Å². The van der Waals surface area contributed by atoms with E-state index < -0.39 is 0 Å². The quantitative estimate of drug-likeness (QED) is 0.481. The molecule has 0 atom stereocenters. The van der Waals surface area contributed by atoms with Crippen LogP contribution < -0.4 is 15.5 Å². The van der Waals surface area contributed by atoms with Crippen LogP contribution in [0.1, 0.15) is 40.2 Å². The van der Waals surface area contributed by atoms with Gasteiger partial charge in [0.15, 0.2) is 5.11 Å². The molecule has 0 saturated carbocycles. The first-order valence-corrected chi connectivity index (χ1v) is 7.63. The van der Waals surface area contributed by atoms with E-state index in [1.54, 1.807) is 0 Å². The first-order chi connectivity index (χ1) is 9.88. The minimum Gasteiger partial charge on any atom is -0.493 e. The van der Waals surface area contributed by atoms with Crippen LogP contribution in [0.15, 0.2) is 29.4 Å². The van der Waals surface area contributed by atoms with Gasteiger partial charge in [-0.25, -0.2) is 0 Å². The highest BCUT2D eigenvalue weighted by atomic mass is 32.1. The highest BCUT2D eigenvalue weighted by molar-refractivity contribution is 7.80. The Morgan fingerprint density at radius 3 is 2.33 bits per heavy atom. The maximum absolute atomic E-state index is 5.66. The Kier molecular flexibility index (Phi) is 7.15. The van der Waals surface area contributed by atoms with Crippen LogP contribution in [0.3, 0.4) is 0 Å². The van der Waals surface area contributed by atoms with Gasteiger partial charge < -0.3 is 10.1 Å². The second-order valence-corrected chi connectivity index (χ2v) is 6.07. The summed E-state index contributed by atoms with van der Waals surface area (Å²) in [7, 11) is 0. The first kappa shape index (κ1) is 17.4. The fourth-order valence-corrected chi connectivity index (χ4v) is 1.83. The van der Waals surface area contributed by atoms with Crippen molar-refractivity contribution in [3.8, 4) is 5.75 Å². The zero-order valence-electron chi connectivity index (χ0n) is 13.4. The van der Waals surface area contributed by atoms with Gasteiger partial charge in [0.25, 0.3) is 0 Å². The molecule has 0 spiro atoms. The molecule has 1 rings (SSSR count). The molecule has 5 heteroatoms. The number of hydrazone groups is 1. The van der Waals surface area contributed by atoms with Crippen molar-refractivity contribution in [3.05, 3.63) is 29.8 Å². The van der Waals surface area contributed by atoms with Gasteiger partial charge in [0.1, 0.15) is 5.75 Å². The number of rotatable bonds is 6. The summed E-state index contributed by atoms with van der Waals surface area (Å²) >= 11 is 5.13. The molecule has 21 heavy (non-hydrogen) atoms. The number of ether oxygens (including phenoxy) is 1. The van der Waals surface area contributed by atoms with E-state index in [4.69, 9.17) is 17.0 Å². The van der Waals surface area contributed by atoms with Crippen molar-refractivity contribution in [2.45, 2.75) is 40.7 Å². The van der Waals surface area contributed by atoms with Gasteiger partial charge in [-0.3, -0.25) is 5.43 Å². The minimum absolute atomic E-state index is 0.290. The Labute approximate surface area is 133 Å². The van der Waals surface area contributed by atoms with Crippen LogP contribution >= 0.6 is 12.2 Å². The zero-order chi connectivity index (χ0) is 15.8. The van der Waals surface area contributed by atoms with Gasteiger partial charge >= 0.3 is 0 Å². The lowest BCUT2D eigenvalue weighted by Gasteiger charge is -2.11. The number of hydrogen-bond donors (Lipinski definition) is 2. The number of benzene rings is 1. The van der Waals surface area contributed by atoms with E-state index in [1.807, 2.05) is 45.0 Å². The molecule has 0 radical (unpaired) electrons. The van der Waals surface area contributed by atoms with E-state index in [0.29, 0.717) is 11.0 Å². The van der Waals surface area contributed by atoms with E-state index in [1.165, 1.54) is 0 Å². The van der Waals surface area contributed by atoms with Crippen LogP contribution in [-0.4, -0.2) is 23.5 Å². The predicted molar refractivity (Wildman–Crippen MR) is 93.0 cm³/mol. The summed E-state index contributed by atoms with van der Waals surface area (Å²) in [5.41, 5.74) is 4.75. The average molecular weight is 307 g/mol. The van der Waals surface area contributed by atoms with Crippen molar-refractivity contribution in [1.29, 1.82) is 0 Å². The first-order valence-electron chi connectivity index (χ1n) is 7.22. The van der Waals surface area contributed by atoms with Gasteiger partial charge in [0.2, 0.25) is 0 Å². The van der Waals surface area contributed by atoms with E-state index in [9.17, 15) is 0 Å². The lowest BCUT2D eigenvalue weighted by atomic mass is 10.1. The fraction of sp³-hybridized carbons (Fsp3) is 0.500. The number of nitrogens with zero attached hydrogens (tertiary/aromatic N) is 1. The summed E-state index contributed by atoms with van der Waals surface area (Å²) in [6.07, 6.45) is 0. The molecular formula is C16H25N3OS. The van der Waals surface area contributed by atoms with Crippen molar-refractivity contribution in [2.75, 3.05) is 6.61 Å². The molecule has 0 amide bonds. The monoisotopic (exact) mass is 307 g/mol. The Balaban J connectivity index is 2.58. The molecule has 0 unspecified atom stereocenters. The lowest BCUT2D eigenvalue weighted by Crippen LogP contribution is -2.37. The standard InChI is InChI=1S/C16H25N3OS/c1-11(2)10-20-15-8-6-14(7-9-15)13(5)18-19-16(21)17-12(3)4/h6-9,11-12H,10H2,1-5H3,(H2,17,19,21)/b18-13-. The topological polar surface area (TPSA) is 45.7 Å². The van der Waals surface area contributed by atoms with Crippen LogP contribution in [0.4, 0.5) is 0 Å². The van der Waals surface area contributed by atoms with Crippen molar-refractivity contribution in [1.82, 2.24) is 10.7 Å². The van der Waals surface area contributed by atoms with Crippen molar-refractivity contribution in [2.24, 2.45) is 11.0 Å². The molecule has 1 aromatic rings. The fourth-order valence-electron chi connectivity index (χ4n) is 1.55. The van der Waals surface area contributed by atoms with Crippen molar-refractivity contribution >= 4 is 23.0 Å². The van der Waals surface area contributed by atoms with Crippen LogP contribution in [0.5, 0.6) is 5.75 Å².